The first-order chi connectivity index (χ1) is 14.0. The lowest BCUT2D eigenvalue weighted by Crippen LogP contribution is -2.09. The van der Waals surface area contributed by atoms with E-state index in [9.17, 15) is 0 Å². The van der Waals surface area contributed by atoms with Crippen LogP contribution in [0.1, 0.15) is 42.3 Å². The molecule has 0 spiro atoms. The highest BCUT2D eigenvalue weighted by Crippen LogP contribution is 2.24. The summed E-state index contributed by atoms with van der Waals surface area (Å²) in [5.74, 6) is 1.93. The number of nitrogens with zero attached hydrogens (tertiary/aromatic N) is 5. The minimum absolute atomic E-state index is 0.260. The molecule has 0 amide bonds. The maximum atomic E-state index is 4.86. The molecule has 6 nitrogen and oxygen atoms in total. The van der Waals surface area contributed by atoms with Crippen LogP contribution in [0.5, 0.6) is 0 Å². The molecule has 0 bridgehead atoms. The predicted octanol–water partition coefficient (Wildman–Crippen LogP) is 4.58. The molecule has 1 aromatic carbocycles. The third-order valence-corrected chi connectivity index (χ3v) is 4.93. The minimum Gasteiger partial charge on any atom is -0.367 e. The lowest BCUT2D eigenvalue weighted by atomic mass is 10.1. The van der Waals surface area contributed by atoms with Crippen molar-refractivity contribution < 1.29 is 0 Å². The summed E-state index contributed by atoms with van der Waals surface area (Å²) in [6, 6.07) is 10.7. The van der Waals surface area contributed by atoms with Gasteiger partial charge >= 0.3 is 0 Å². The van der Waals surface area contributed by atoms with Crippen molar-refractivity contribution in [3.05, 3.63) is 71.4 Å². The van der Waals surface area contributed by atoms with Crippen molar-refractivity contribution >= 4 is 11.5 Å². The largest absolute Gasteiger partial charge is 0.367 e. The van der Waals surface area contributed by atoms with Crippen LogP contribution >= 0.6 is 0 Å². The lowest BCUT2D eigenvalue weighted by molar-refractivity contribution is 0.758. The molecule has 148 valence electrons. The van der Waals surface area contributed by atoms with Crippen molar-refractivity contribution in [3.63, 3.8) is 0 Å². The molecule has 3 heterocycles. The standard InChI is InChI=1S/C23H26N6/c1-15(2)22-27-28-23-21(25-10-9-18-7-5-16(3)6-8-18)26-20(14-29(22)23)19-11-17(4)12-24-13-19/h5-8,11-15H,9-10H2,1-4H3,(H,25,26). The third-order valence-electron chi connectivity index (χ3n) is 4.93. The number of aromatic nitrogens is 5. The van der Waals surface area contributed by atoms with Crippen molar-refractivity contribution in [3.8, 4) is 11.3 Å². The van der Waals surface area contributed by atoms with Gasteiger partial charge < -0.3 is 5.32 Å². The molecule has 0 aliphatic heterocycles. The minimum atomic E-state index is 0.260. The van der Waals surface area contributed by atoms with Crippen molar-refractivity contribution in [1.82, 2.24) is 24.6 Å². The van der Waals surface area contributed by atoms with Gasteiger partial charge in [0, 0.05) is 36.6 Å². The van der Waals surface area contributed by atoms with Gasteiger partial charge in [-0.05, 0) is 37.5 Å². The lowest BCUT2D eigenvalue weighted by Gasteiger charge is -2.11. The number of nitrogens with one attached hydrogen (secondary N) is 1. The third kappa shape index (κ3) is 4.11. The van der Waals surface area contributed by atoms with Gasteiger partial charge in [-0.15, -0.1) is 10.2 Å². The van der Waals surface area contributed by atoms with Crippen LogP contribution in [0, 0.1) is 13.8 Å². The molecule has 29 heavy (non-hydrogen) atoms. The molecule has 0 saturated heterocycles. The van der Waals surface area contributed by atoms with Crippen LogP contribution < -0.4 is 5.32 Å². The van der Waals surface area contributed by atoms with Crippen LogP contribution in [0.15, 0.2) is 48.9 Å². The highest BCUT2D eigenvalue weighted by atomic mass is 15.3. The Morgan fingerprint density at radius 3 is 2.52 bits per heavy atom. The van der Waals surface area contributed by atoms with Crippen molar-refractivity contribution in [2.24, 2.45) is 0 Å². The van der Waals surface area contributed by atoms with E-state index in [-0.39, 0.29) is 5.92 Å². The molecule has 0 saturated carbocycles. The van der Waals surface area contributed by atoms with Crippen LogP contribution in [0.3, 0.4) is 0 Å². The van der Waals surface area contributed by atoms with Gasteiger partial charge in [0.1, 0.15) is 5.82 Å². The molecule has 0 atom stereocenters. The number of rotatable bonds is 6. The maximum absolute atomic E-state index is 4.86. The summed E-state index contributed by atoms with van der Waals surface area (Å²) >= 11 is 0. The first kappa shape index (κ1) is 19.1. The molecule has 0 radical (unpaired) electrons. The van der Waals surface area contributed by atoms with Crippen LogP contribution in [-0.4, -0.2) is 31.1 Å². The van der Waals surface area contributed by atoms with E-state index < -0.39 is 0 Å². The monoisotopic (exact) mass is 386 g/mol. The Bertz CT molecular complexity index is 1130. The average Bonchev–Trinajstić information content (AvgIpc) is 3.14. The smallest absolute Gasteiger partial charge is 0.203 e. The normalized spacial score (nSPS) is 11.3. The highest BCUT2D eigenvalue weighted by molar-refractivity contribution is 5.69. The second kappa shape index (κ2) is 7.99. The molecule has 1 N–H and O–H groups in total. The Morgan fingerprint density at radius 1 is 1.00 bits per heavy atom. The van der Waals surface area contributed by atoms with Gasteiger partial charge in [0.2, 0.25) is 5.65 Å². The fraction of sp³-hybridized carbons (Fsp3) is 0.304. The van der Waals surface area contributed by atoms with E-state index in [1.165, 1.54) is 11.1 Å². The highest BCUT2D eigenvalue weighted by Gasteiger charge is 2.16. The van der Waals surface area contributed by atoms with E-state index in [2.05, 4.69) is 71.6 Å². The molecule has 6 heteroatoms. The second-order valence-corrected chi connectivity index (χ2v) is 7.79. The maximum Gasteiger partial charge on any atom is 0.203 e. The summed E-state index contributed by atoms with van der Waals surface area (Å²) in [5, 5.41) is 12.3. The summed E-state index contributed by atoms with van der Waals surface area (Å²) in [5.41, 5.74) is 6.26. The predicted molar refractivity (Wildman–Crippen MR) is 116 cm³/mol. The Morgan fingerprint density at radius 2 is 1.79 bits per heavy atom. The Hall–Kier alpha value is -3.28. The number of aryl methyl sites for hydroxylation is 2. The van der Waals surface area contributed by atoms with Crippen molar-refractivity contribution in [1.29, 1.82) is 0 Å². The fourth-order valence-corrected chi connectivity index (χ4v) is 3.34. The summed E-state index contributed by atoms with van der Waals surface area (Å²) in [4.78, 5) is 9.18. The summed E-state index contributed by atoms with van der Waals surface area (Å²) in [7, 11) is 0. The van der Waals surface area contributed by atoms with E-state index in [4.69, 9.17) is 4.98 Å². The number of pyridine rings is 1. The molecule has 0 aliphatic rings. The first-order valence-electron chi connectivity index (χ1n) is 9.98. The average molecular weight is 387 g/mol. The Balaban J connectivity index is 1.68. The van der Waals surface area contributed by atoms with Gasteiger partial charge in [0.15, 0.2) is 5.82 Å². The number of fused-ring (bicyclic) bond motifs is 1. The summed E-state index contributed by atoms with van der Waals surface area (Å²) in [6.45, 7) is 9.15. The summed E-state index contributed by atoms with van der Waals surface area (Å²) in [6.07, 6.45) is 6.61. The van der Waals surface area contributed by atoms with Gasteiger partial charge in [-0.1, -0.05) is 43.7 Å². The number of hydrogen-bond donors (Lipinski definition) is 1. The molecular weight excluding hydrogens is 360 g/mol. The van der Waals surface area contributed by atoms with E-state index in [0.717, 1.165) is 47.1 Å². The zero-order chi connectivity index (χ0) is 20.4. The molecule has 0 fully saturated rings. The zero-order valence-electron chi connectivity index (χ0n) is 17.3. The van der Waals surface area contributed by atoms with Crippen molar-refractivity contribution in [2.75, 3.05) is 11.9 Å². The van der Waals surface area contributed by atoms with E-state index >= 15 is 0 Å². The molecule has 3 aromatic heterocycles. The van der Waals surface area contributed by atoms with E-state index in [1.54, 1.807) is 0 Å². The molecule has 4 aromatic rings. The van der Waals surface area contributed by atoms with Gasteiger partial charge in [-0.2, -0.15) is 0 Å². The molecule has 4 rings (SSSR count). The van der Waals surface area contributed by atoms with Crippen LogP contribution in [0.2, 0.25) is 0 Å². The first-order valence-corrected chi connectivity index (χ1v) is 9.98. The SMILES string of the molecule is Cc1ccc(CCNc2nc(-c3cncc(C)c3)cn3c(C(C)C)nnc23)cc1. The van der Waals surface area contributed by atoms with Gasteiger partial charge in [0.25, 0.3) is 0 Å². The number of benzene rings is 1. The van der Waals surface area contributed by atoms with Crippen LogP contribution in [0.25, 0.3) is 16.9 Å². The molecular formula is C23H26N6. The fourth-order valence-electron chi connectivity index (χ4n) is 3.34. The van der Waals surface area contributed by atoms with E-state index in [0.29, 0.717) is 0 Å². The Kier molecular flexibility index (Phi) is 5.25. The van der Waals surface area contributed by atoms with Gasteiger partial charge in [0.05, 0.1) is 5.69 Å². The van der Waals surface area contributed by atoms with Crippen LogP contribution in [-0.2, 0) is 6.42 Å². The zero-order valence-corrected chi connectivity index (χ0v) is 17.3. The van der Waals surface area contributed by atoms with Crippen molar-refractivity contribution in [2.45, 2.75) is 40.0 Å². The molecule has 0 unspecified atom stereocenters. The van der Waals surface area contributed by atoms with Gasteiger partial charge in [-0.3, -0.25) is 9.38 Å². The number of hydrogen-bond acceptors (Lipinski definition) is 5. The van der Waals surface area contributed by atoms with Crippen LogP contribution in [0.4, 0.5) is 5.82 Å². The van der Waals surface area contributed by atoms with Gasteiger partial charge in [-0.25, -0.2) is 4.98 Å². The number of anilines is 1. The Labute approximate surface area is 171 Å². The molecule has 0 aliphatic carbocycles. The summed E-state index contributed by atoms with van der Waals surface area (Å²) < 4.78 is 2.05. The second-order valence-electron chi connectivity index (χ2n) is 7.79. The quantitative estimate of drug-likeness (QED) is 0.525. The topological polar surface area (TPSA) is 68.0 Å². The van der Waals surface area contributed by atoms with E-state index in [1.807, 2.05) is 29.9 Å².